The van der Waals surface area contributed by atoms with Gasteiger partial charge in [-0.2, -0.15) is 0 Å². The van der Waals surface area contributed by atoms with Gasteiger partial charge in [0, 0.05) is 38.5 Å². The molecule has 4 heteroatoms. The number of amides is 2. The molecule has 0 bridgehead atoms. The average Bonchev–Trinajstić information content (AvgIpc) is 3.06. The lowest BCUT2D eigenvalue weighted by molar-refractivity contribution is -0.138. The first-order valence-corrected chi connectivity index (χ1v) is 9.84. The SMILES string of the molecule is O=C1CCCN1CC1CCN(C(=O)C2CCc3ccccc3C2)CC1. The summed E-state index contributed by atoms with van der Waals surface area (Å²) in [7, 11) is 0. The number of aryl methyl sites for hydroxylation is 1. The van der Waals surface area contributed by atoms with E-state index in [0.717, 1.165) is 71.1 Å². The third-order valence-electron chi connectivity index (χ3n) is 6.27. The quantitative estimate of drug-likeness (QED) is 0.849. The highest BCUT2D eigenvalue weighted by atomic mass is 16.2. The van der Waals surface area contributed by atoms with Crippen molar-refractivity contribution in [3.05, 3.63) is 35.4 Å². The number of piperidine rings is 1. The first-order valence-electron chi connectivity index (χ1n) is 9.84. The van der Waals surface area contributed by atoms with Gasteiger partial charge < -0.3 is 9.80 Å². The van der Waals surface area contributed by atoms with Gasteiger partial charge in [0.2, 0.25) is 11.8 Å². The summed E-state index contributed by atoms with van der Waals surface area (Å²) in [4.78, 5) is 28.8. The van der Waals surface area contributed by atoms with Crippen molar-refractivity contribution < 1.29 is 9.59 Å². The maximum Gasteiger partial charge on any atom is 0.226 e. The normalized spacial score (nSPS) is 24.5. The second kappa shape index (κ2) is 7.19. The molecular formula is C21H28N2O2. The average molecular weight is 340 g/mol. The number of carbonyl (C=O) groups is 2. The van der Waals surface area contributed by atoms with Gasteiger partial charge >= 0.3 is 0 Å². The van der Waals surface area contributed by atoms with Crippen LogP contribution >= 0.6 is 0 Å². The van der Waals surface area contributed by atoms with Crippen molar-refractivity contribution in [2.24, 2.45) is 11.8 Å². The molecule has 0 spiro atoms. The molecule has 2 aliphatic heterocycles. The van der Waals surface area contributed by atoms with E-state index in [1.165, 1.54) is 11.1 Å². The fraction of sp³-hybridized carbons (Fsp3) is 0.619. The summed E-state index contributed by atoms with van der Waals surface area (Å²) in [6.07, 6.45) is 6.73. The maximum absolute atomic E-state index is 12.9. The van der Waals surface area contributed by atoms with Crippen molar-refractivity contribution in [3.63, 3.8) is 0 Å². The Morgan fingerprint density at radius 1 is 1.00 bits per heavy atom. The van der Waals surface area contributed by atoms with E-state index < -0.39 is 0 Å². The van der Waals surface area contributed by atoms with Crippen molar-refractivity contribution in [2.45, 2.75) is 44.9 Å². The Balaban J connectivity index is 1.29. The number of nitrogens with zero attached hydrogens (tertiary/aromatic N) is 2. The van der Waals surface area contributed by atoms with Crippen LogP contribution in [0, 0.1) is 11.8 Å². The third-order valence-corrected chi connectivity index (χ3v) is 6.27. The summed E-state index contributed by atoms with van der Waals surface area (Å²) in [5.41, 5.74) is 2.77. The first kappa shape index (κ1) is 16.6. The van der Waals surface area contributed by atoms with Crippen LogP contribution in [0.3, 0.4) is 0 Å². The zero-order valence-corrected chi connectivity index (χ0v) is 15.0. The Labute approximate surface area is 150 Å². The van der Waals surface area contributed by atoms with E-state index in [1.54, 1.807) is 0 Å². The van der Waals surface area contributed by atoms with Gasteiger partial charge in [-0.25, -0.2) is 0 Å². The maximum atomic E-state index is 12.9. The zero-order valence-electron chi connectivity index (χ0n) is 15.0. The lowest BCUT2D eigenvalue weighted by Crippen LogP contribution is -2.45. The van der Waals surface area contributed by atoms with Gasteiger partial charge in [0.25, 0.3) is 0 Å². The van der Waals surface area contributed by atoms with Crippen molar-refractivity contribution in [3.8, 4) is 0 Å². The van der Waals surface area contributed by atoms with Gasteiger partial charge in [-0.05, 0) is 55.6 Å². The molecule has 2 amide bonds. The van der Waals surface area contributed by atoms with E-state index in [0.29, 0.717) is 17.7 Å². The van der Waals surface area contributed by atoms with Gasteiger partial charge in [0.15, 0.2) is 0 Å². The smallest absolute Gasteiger partial charge is 0.226 e. The molecule has 1 unspecified atom stereocenters. The molecule has 0 saturated carbocycles. The molecule has 4 rings (SSSR count). The molecule has 25 heavy (non-hydrogen) atoms. The minimum absolute atomic E-state index is 0.159. The van der Waals surface area contributed by atoms with Gasteiger partial charge in [-0.3, -0.25) is 9.59 Å². The summed E-state index contributed by atoms with van der Waals surface area (Å²) < 4.78 is 0. The Hall–Kier alpha value is -1.84. The first-order chi connectivity index (χ1) is 12.2. The molecule has 1 aliphatic carbocycles. The molecule has 1 aromatic carbocycles. The fourth-order valence-electron chi connectivity index (χ4n) is 4.71. The Bertz CT molecular complexity index is 649. The highest BCUT2D eigenvalue weighted by molar-refractivity contribution is 5.80. The number of rotatable bonds is 3. The van der Waals surface area contributed by atoms with Crippen LogP contribution in [-0.2, 0) is 22.4 Å². The van der Waals surface area contributed by atoms with Crippen molar-refractivity contribution >= 4 is 11.8 Å². The van der Waals surface area contributed by atoms with Crippen LogP contribution in [0.5, 0.6) is 0 Å². The second-order valence-corrected chi connectivity index (χ2v) is 7.92. The monoisotopic (exact) mass is 340 g/mol. The molecule has 3 aliphatic rings. The van der Waals surface area contributed by atoms with Crippen LogP contribution in [0.2, 0.25) is 0 Å². The molecule has 0 radical (unpaired) electrons. The predicted molar refractivity (Wildman–Crippen MR) is 97.1 cm³/mol. The molecule has 1 aromatic rings. The lowest BCUT2D eigenvalue weighted by Gasteiger charge is -2.36. The number of carbonyl (C=O) groups excluding carboxylic acids is 2. The number of fused-ring (bicyclic) bond motifs is 1. The van der Waals surface area contributed by atoms with Crippen LogP contribution in [0.25, 0.3) is 0 Å². The van der Waals surface area contributed by atoms with Gasteiger partial charge in [0.05, 0.1) is 0 Å². The Morgan fingerprint density at radius 2 is 1.76 bits per heavy atom. The van der Waals surface area contributed by atoms with E-state index in [-0.39, 0.29) is 5.92 Å². The summed E-state index contributed by atoms with van der Waals surface area (Å²) in [6, 6.07) is 8.54. The fourth-order valence-corrected chi connectivity index (χ4v) is 4.71. The number of hydrogen-bond acceptors (Lipinski definition) is 2. The minimum Gasteiger partial charge on any atom is -0.342 e. The molecule has 2 saturated heterocycles. The summed E-state index contributed by atoms with van der Waals surface area (Å²) >= 11 is 0. The molecular weight excluding hydrogens is 312 g/mol. The van der Waals surface area contributed by atoms with Crippen LogP contribution in [0.1, 0.15) is 43.2 Å². The molecule has 2 fully saturated rings. The van der Waals surface area contributed by atoms with Crippen LogP contribution < -0.4 is 0 Å². The third kappa shape index (κ3) is 3.58. The van der Waals surface area contributed by atoms with Crippen LogP contribution in [0.4, 0.5) is 0 Å². The second-order valence-electron chi connectivity index (χ2n) is 7.92. The number of hydrogen-bond donors (Lipinski definition) is 0. The largest absolute Gasteiger partial charge is 0.342 e. The molecule has 134 valence electrons. The van der Waals surface area contributed by atoms with Crippen molar-refractivity contribution in [1.29, 1.82) is 0 Å². The van der Waals surface area contributed by atoms with Gasteiger partial charge in [-0.1, -0.05) is 24.3 Å². The Kier molecular flexibility index (Phi) is 4.78. The highest BCUT2D eigenvalue weighted by Gasteiger charge is 2.32. The van der Waals surface area contributed by atoms with Gasteiger partial charge in [-0.15, -0.1) is 0 Å². The predicted octanol–water partition coefficient (Wildman–Crippen LogP) is 2.65. The minimum atomic E-state index is 0.159. The zero-order chi connectivity index (χ0) is 17.2. The number of benzene rings is 1. The van der Waals surface area contributed by atoms with E-state index in [9.17, 15) is 9.59 Å². The highest BCUT2D eigenvalue weighted by Crippen LogP contribution is 2.28. The Morgan fingerprint density at radius 3 is 2.48 bits per heavy atom. The molecule has 0 aromatic heterocycles. The summed E-state index contributed by atoms with van der Waals surface area (Å²) in [5.74, 6) is 1.40. The summed E-state index contributed by atoms with van der Waals surface area (Å²) in [5, 5.41) is 0. The van der Waals surface area contributed by atoms with E-state index in [1.807, 2.05) is 4.90 Å². The molecule has 2 heterocycles. The topological polar surface area (TPSA) is 40.6 Å². The summed E-state index contributed by atoms with van der Waals surface area (Å²) in [6.45, 7) is 3.56. The number of likely N-dealkylation sites (tertiary alicyclic amines) is 2. The molecule has 4 nitrogen and oxygen atoms in total. The molecule has 0 N–H and O–H groups in total. The molecule has 1 atom stereocenters. The standard InChI is InChI=1S/C21H28N2O2/c24-20-6-3-11-23(20)15-16-9-12-22(13-10-16)21(25)19-8-7-17-4-1-2-5-18(17)14-19/h1-2,4-5,16,19H,3,6-15H2. The van der Waals surface area contributed by atoms with Gasteiger partial charge in [0.1, 0.15) is 0 Å². The van der Waals surface area contributed by atoms with Crippen molar-refractivity contribution in [2.75, 3.05) is 26.2 Å². The van der Waals surface area contributed by atoms with E-state index in [2.05, 4.69) is 29.2 Å². The van der Waals surface area contributed by atoms with Crippen LogP contribution in [0.15, 0.2) is 24.3 Å². The van der Waals surface area contributed by atoms with E-state index in [4.69, 9.17) is 0 Å². The van der Waals surface area contributed by atoms with Crippen LogP contribution in [-0.4, -0.2) is 47.8 Å². The lowest BCUT2D eigenvalue weighted by atomic mass is 9.82. The van der Waals surface area contributed by atoms with Crippen molar-refractivity contribution in [1.82, 2.24) is 9.80 Å². The van der Waals surface area contributed by atoms with E-state index >= 15 is 0 Å².